The van der Waals surface area contributed by atoms with Crippen molar-refractivity contribution in [3.8, 4) is 21.8 Å². The van der Waals surface area contributed by atoms with Gasteiger partial charge in [0.2, 0.25) is 0 Å². The summed E-state index contributed by atoms with van der Waals surface area (Å²) in [5.41, 5.74) is 3.90. The van der Waals surface area contributed by atoms with Crippen molar-refractivity contribution in [2.75, 3.05) is 5.32 Å². The van der Waals surface area contributed by atoms with Crippen molar-refractivity contribution in [3.05, 3.63) is 89.8 Å². The fourth-order valence-corrected chi connectivity index (χ4v) is 4.17. The second-order valence-corrected chi connectivity index (χ2v) is 8.24. The molecule has 0 spiro atoms. The molecule has 30 heavy (non-hydrogen) atoms. The number of aromatic nitrogens is 4. The summed E-state index contributed by atoms with van der Waals surface area (Å²) >= 11 is 1.79. The molecule has 0 fully saturated rings. The average Bonchev–Trinajstić information content (AvgIpc) is 3.24. The first-order chi connectivity index (χ1) is 14.8. The standard InChI is InChI=1S/C24H19N5S/c1-16-7-10-22(30-16)17-8-9-21-20(13-17)24(27-15-19-6-2-3-12-26-19)29-23(28-21)18-5-4-11-25-14-18/h2-14H,15H2,1H3,(H,27,28,29). The molecule has 5 rings (SSSR count). The first-order valence-electron chi connectivity index (χ1n) is 9.69. The summed E-state index contributed by atoms with van der Waals surface area (Å²) in [4.78, 5) is 20.8. The molecule has 1 aromatic carbocycles. The lowest BCUT2D eigenvalue weighted by molar-refractivity contribution is 1.03. The Morgan fingerprint density at radius 2 is 1.87 bits per heavy atom. The number of fused-ring (bicyclic) bond motifs is 1. The third-order valence-electron chi connectivity index (χ3n) is 4.80. The highest BCUT2D eigenvalue weighted by Crippen LogP contribution is 2.32. The normalized spacial score (nSPS) is 11.0. The number of pyridine rings is 2. The Morgan fingerprint density at radius 1 is 0.900 bits per heavy atom. The molecule has 0 amide bonds. The third kappa shape index (κ3) is 3.77. The molecule has 5 nitrogen and oxygen atoms in total. The molecular formula is C24H19N5S. The van der Waals surface area contributed by atoms with Gasteiger partial charge in [-0.2, -0.15) is 0 Å². The van der Waals surface area contributed by atoms with Crippen LogP contribution in [-0.2, 0) is 6.54 Å². The van der Waals surface area contributed by atoms with Crippen molar-refractivity contribution in [2.45, 2.75) is 13.5 Å². The molecule has 4 aromatic heterocycles. The number of hydrogen-bond acceptors (Lipinski definition) is 6. The predicted octanol–water partition coefficient (Wildman–Crippen LogP) is 5.74. The largest absolute Gasteiger partial charge is 0.364 e. The average molecular weight is 410 g/mol. The number of aryl methyl sites for hydroxylation is 1. The summed E-state index contributed by atoms with van der Waals surface area (Å²) in [7, 11) is 0. The fraction of sp³-hybridized carbons (Fsp3) is 0.0833. The summed E-state index contributed by atoms with van der Waals surface area (Å²) in [5.74, 6) is 1.44. The van der Waals surface area contributed by atoms with Gasteiger partial charge in [0.05, 0.1) is 17.8 Å². The van der Waals surface area contributed by atoms with Crippen LogP contribution in [0.15, 0.2) is 79.3 Å². The summed E-state index contributed by atoms with van der Waals surface area (Å²) in [5, 5.41) is 4.46. The molecule has 0 unspecified atom stereocenters. The number of hydrogen-bond donors (Lipinski definition) is 1. The van der Waals surface area contributed by atoms with Crippen LogP contribution < -0.4 is 5.32 Å². The van der Waals surface area contributed by atoms with Crippen molar-refractivity contribution < 1.29 is 0 Å². The molecule has 1 N–H and O–H groups in total. The van der Waals surface area contributed by atoms with Gasteiger partial charge in [-0.3, -0.25) is 9.97 Å². The number of thiophene rings is 1. The van der Waals surface area contributed by atoms with Gasteiger partial charge in [-0.15, -0.1) is 11.3 Å². The molecule has 5 aromatic rings. The van der Waals surface area contributed by atoms with Crippen LogP contribution in [0.3, 0.4) is 0 Å². The van der Waals surface area contributed by atoms with Crippen molar-refractivity contribution >= 4 is 28.1 Å². The number of anilines is 1. The predicted molar refractivity (Wildman–Crippen MR) is 122 cm³/mol. The first kappa shape index (κ1) is 18.4. The van der Waals surface area contributed by atoms with Gasteiger partial charge >= 0.3 is 0 Å². The molecule has 4 heterocycles. The maximum Gasteiger partial charge on any atom is 0.163 e. The Morgan fingerprint density at radius 3 is 2.63 bits per heavy atom. The van der Waals surface area contributed by atoms with Crippen LogP contribution in [0, 0.1) is 6.92 Å². The quantitative estimate of drug-likeness (QED) is 0.401. The SMILES string of the molecule is Cc1ccc(-c2ccc3nc(-c4cccnc4)nc(NCc4ccccn4)c3c2)s1. The minimum atomic E-state index is 0.585. The van der Waals surface area contributed by atoms with E-state index in [1.54, 1.807) is 29.9 Å². The molecule has 0 aliphatic carbocycles. The Kier molecular flexibility index (Phi) is 4.91. The molecular weight excluding hydrogens is 390 g/mol. The van der Waals surface area contributed by atoms with Gasteiger partial charge in [-0.05, 0) is 61.0 Å². The fourth-order valence-electron chi connectivity index (χ4n) is 3.31. The highest BCUT2D eigenvalue weighted by molar-refractivity contribution is 7.15. The van der Waals surface area contributed by atoms with Crippen LogP contribution in [0.2, 0.25) is 0 Å². The zero-order valence-corrected chi connectivity index (χ0v) is 17.2. The molecule has 0 radical (unpaired) electrons. The van der Waals surface area contributed by atoms with Gasteiger partial charge in [-0.25, -0.2) is 9.97 Å². The Balaban J connectivity index is 1.61. The van der Waals surface area contributed by atoms with Crippen LogP contribution in [0.5, 0.6) is 0 Å². The highest BCUT2D eigenvalue weighted by atomic mass is 32.1. The number of benzene rings is 1. The lowest BCUT2D eigenvalue weighted by Gasteiger charge is -2.12. The molecule has 146 valence electrons. The first-order valence-corrected chi connectivity index (χ1v) is 10.5. The van der Waals surface area contributed by atoms with Crippen molar-refractivity contribution in [2.24, 2.45) is 0 Å². The van der Waals surface area contributed by atoms with Crippen LogP contribution in [-0.4, -0.2) is 19.9 Å². The van der Waals surface area contributed by atoms with E-state index >= 15 is 0 Å². The van der Waals surface area contributed by atoms with Crippen LogP contribution in [0.1, 0.15) is 10.6 Å². The van der Waals surface area contributed by atoms with Gasteiger partial charge in [-0.1, -0.05) is 12.1 Å². The van der Waals surface area contributed by atoms with E-state index in [1.165, 1.54) is 15.3 Å². The molecule has 0 saturated heterocycles. The molecule has 0 aliphatic heterocycles. The van der Waals surface area contributed by atoms with E-state index in [4.69, 9.17) is 9.97 Å². The third-order valence-corrected chi connectivity index (χ3v) is 5.85. The lowest BCUT2D eigenvalue weighted by Crippen LogP contribution is -2.05. The summed E-state index contributed by atoms with van der Waals surface area (Å²) < 4.78 is 0. The van der Waals surface area contributed by atoms with E-state index in [2.05, 4.69) is 52.5 Å². The minimum absolute atomic E-state index is 0.585. The van der Waals surface area contributed by atoms with E-state index in [0.717, 1.165) is 28.0 Å². The van der Waals surface area contributed by atoms with Gasteiger partial charge in [0, 0.05) is 39.3 Å². The van der Waals surface area contributed by atoms with E-state index in [9.17, 15) is 0 Å². The zero-order valence-electron chi connectivity index (χ0n) is 16.4. The Hall–Kier alpha value is -3.64. The Bertz CT molecular complexity index is 1300. The number of nitrogens with zero attached hydrogens (tertiary/aromatic N) is 4. The van der Waals surface area contributed by atoms with Gasteiger partial charge < -0.3 is 5.32 Å². The van der Waals surface area contributed by atoms with Crippen LogP contribution >= 0.6 is 11.3 Å². The summed E-state index contributed by atoms with van der Waals surface area (Å²) in [6, 6.07) is 20.4. The summed E-state index contributed by atoms with van der Waals surface area (Å²) in [6.07, 6.45) is 5.33. The monoisotopic (exact) mass is 409 g/mol. The van der Waals surface area contributed by atoms with E-state index < -0.39 is 0 Å². The second-order valence-electron chi connectivity index (χ2n) is 6.95. The highest BCUT2D eigenvalue weighted by Gasteiger charge is 2.12. The van der Waals surface area contributed by atoms with Crippen molar-refractivity contribution in [3.63, 3.8) is 0 Å². The van der Waals surface area contributed by atoms with E-state index in [-0.39, 0.29) is 0 Å². The molecule has 0 bridgehead atoms. The number of nitrogens with one attached hydrogen (secondary N) is 1. The summed E-state index contributed by atoms with van der Waals surface area (Å²) in [6.45, 7) is 2.71. The van der Waals surface area contributed by atoms with E-state index in [1.807, 2.05) is 30.3 Å². The van der Waals surface area contributed by atoms with Crippen molar-refractivity contribution in [1.29, 1.82) is 0 Å². The minimum Gasteiger partial charge on any atom is -0.364 e. The molecule has 0 saturated carbocycles. The van der Waals surface area contributed by atoms with Crippen molar-refractivity contribution in [1.82, 2.24) is 19.9 Å². The smallest absolute Gasteiger partial charge is 0.163 e. The van der Waals surface area contributed by atoms with Gasteiger partial charge in [0.25, 0.3) is 0 Å². The second kappa shape index (κ2) is 8.00. The molecule has 0 aliphatic rings. The maximum atomic E-state index is 4.84. The Labute approximate surface area is 178 Å². The zero-order chi connectivity index (χ0) is 20.3. The number of rotatable bonds is 5. The van der Waals surface area contributed by atoms with Crippen LogP contribution in [0.4, 0.5) is 5.82 Å². The van der Waals surface area contributed by atoms with Gasteiger partial charge in [0.15, 0.2) is 5.82 Å². The van der Waals surface area contributed by atoms with Crippen LogP contribution in [0.25, 0.3) is 32.7 Å². The van der Waals surface area contributed by atoms with E-state index in [0.29, 0.717) is 12.4 Å². The molecule has 0 atom stereocenters. The maximum absolute atomic E-state index is 4.84. The molecule has 6 heteroatoms. The topological polar surface area (TPSA) is 63.6 Å². The lowest BCUT2D eigenvalue weighted by atomic mass is 10.1. The van der Waals surface area contributed by atoms with Gasteiger partial charge in [0.1, 0.15) is 5.82 Å².